The molecule has 1 aliphatic rings. The fraction of sp³-hybridized carbons (Fsp3) is 0.409. The van der Waals surface area contributed by atoms with Gasteiger partial charge in [0.2, 0.25) is 6.23 Å². The lowest BCUT2D eigenvalue weighted by molar-refractivity contribution is -0.216. The van der Waals surface area contributed by atoms with Crippen LogP contribution in [0.1, 0.15) is 36.6 Å². The molecule has 35 heavy (non-hydrogen) atoms. The number of alkyl halides is 3. The van der Waals surface area contributed by atoms with E-state index in [1.807, 2.05) is 11.4 Å². The van der Waals surface area contributed by atoms with Gasteiger partial charge < -0.3 is 25.4 Å². The third-order valence-electron chi connectivity index (χ3n) is 5.28. The highest BCUT2D eigenvalue weighted by Crippen LogP contribution is 2.25. The maximum absolute atomic E-state index is 13.0. The Kier molecular flexibility index (Phi) is 8.82. The van der Waals surface area contributed by atoms with Crippen LogP contribution in [0.3, 0.4) is 0 Å². The average molecular weight is 512 g/mol. The predicted octanol–water partition coefficient (Wildman–Crippen LogP) is 1.58. The molecule has 0 bridgehead atoms. The van der Waals surface area contributed by atoms with Crippen LogP contribution >= 0.6 is 11.3 Å². The van der Waals surface area contributed by atoms with Gasteiger partial charge in [-0.15, -0.1) is 11.3 Å². The van der Waals surface area contributed by atoms with Crippen LogP contribution in [0.25, 0.3) is 0 Å². The third kappa shape index (κ3) is 6.77. The number of rotatable bonds is 8. The minimum absolute atomic E-state index is 0.0935. The lowest BCUT2D eigenvalue weighted by Gasteiger charge is -2.35. The van der Waals surface area contributed by atoms with Crippen LogP contribution in [-0.2, 0) is 4.74 Å². The fourth-order valence-electron chi connectivity index (χ4n) is 3.47. The van der Waals surface area contributed by atoms with Crippen LogP contribution in [0.2, 0.25) is 0 Å². The number of carbonyl (C=O) groups excluding carboxylic acids is 2. The average Bonchev–Trinajstić information content (AvgIpc) is 3.35. The molecule has 3 atom stereocenters. The van der Waals surface area contributed by atoms with Gasteiger partial charge in [-0.25, -0.2) is 0 Å². The zero-order valence-corrected chi connectivity index (χ0v) is 19.4. The molecule has 1 aliphatic heterocycles. The molecule has 2 heterocycles. The molecule has 0 aliphatic carbocycles. The fourth-order valence-corrected chi connectivity index (χ4v) is 4.46. The van der Waals surface area contributed by atoms with Gasteiger partial charge in [-0.3, -0.25) is 14.9 Å². The van der Waals surface area contributed by atoms with Crippen LogP contribution in [0.15, 0.2) is 36.4 Å². The van der Waals surface area contributed by atoms with Gasteiger partial charge in [-0.1, -0.05) is 6.07 Å². The van der Waals surface area contributed by atoms with Gasteiger partial charge in [0.05, 0.1) is 41.9 Å². The Bertz CT molecular complexity index is 1090. The lowest BCUT2D eigenvalue weighted by atomic mass is 10.1. The van der Waals surface area contributed by atoms with Crippen molar-refractivity contribution in [3.05, 3.63) is 57.3 Å². The SMILES string of the molecule is CNC(NC(O)C(F)(F)F)c1ccc(C(=O)NCC2COCCN2C(=O)c2cccc(C#N)c2)s1. The number of nitriles is 1. The summed E-state index contributed by atoms with van der Waals surface area (Å²) >= 11 is 0.963. The summed E-state index contributed by atoms with van der Waals surface area (Å²) < 4.78 is 43.4. The molecule has 188 valence electrons. The van der Waals surface area contributed by atoms with Crippen molar-refractivity contribution in [2.45, 2.75) is 24.6 Å². The van der Waals surface area contributed by atoms with E-state index in [1.54, 1.807) is 23.1 Å². The number of nitrogens with one attached hydrogen (secondary N) is 3. The minimum Gasteiger partial charge on any atom is -0.377 e. The highest BCUT2D eigenvalue weighted by molar-refractivity contribution is 7.14. The summed E-state index contributed by atoms with van der Waals surface area (Å²) in [5, 5.41) is 25.7. The maximum Gasteiger partial charge on any atom is 0.428 e. The Balaban J connectivity index is 1.63. The minimum atomic E-state index is -4.84. The first-order valence-electron chi connectivity index (χ1n) is 10.6. The van der Waals surface area contributed by atoms with Crippen LogP contribution < -0.4 is 16.0 Å². The molecule has 0 saturated carbocycles. The Morgan fingerprint density at radius 2 is 2.11 bits per heavy atom. The Hall–Kier alpha value is -3.02. The van der Waals surface area contributed by atoms with Crippen molar-refractivity contribution in [2.24, 2.45) is 0 Å². The number of carbonyl (C=O) groups is 2. The number of hydrogen-bond acceptors (Lipinski definition) is 8. The Labute approximate surface area is 203 Å². The first kappa shape index (κ1) is 26.6. The van der Waals surface area contributed by atoms with E-state index in [2.05, 4.69) is 10.6 Å². The predicted molar refractivity (Wildman–Crippen MR) is 120 cm³/mol. The quantitative estimate of drug-likeness (QED) is 0.397. The number of benzene rings is 1. The van der Waals surface area contributed by atoms with E-state index >= 15 is 0 Å². The largest absolute Gasteiger partial charge is 0.428 e. The molecule has 0 radical (unpaired) electrons. The summed E-state index contributed by atoms with van der Waals surface area (Å²) in [7, 11) is 1.42. The second-order valence-electron chi connectivity index (χ2n) is 7.66. The number of aliphatic hydroxyl groups is 1. The molecule has 1 aromatic heterocycles. The smallest absolute Gasteiger partial charge is 0.377 e. The summed E-state index contributed by atoms with van der Waals surface area (Å²) in [4.78, 5) is 27.9. The van der Waals surface area contributed by atoms with E-state index in [1.165, 1.54) is 25.2 Å². The topological polar surface area (TPSA) is 127 Å². The number of halogens is 3. The van der Waals surface area contributed by atoms with Gasteiger partial charge in [0, 0.05) is 23.5 Å². The molecule has 1 fully saturated rings. The van der Waals surface area contributed by atoms with E-state index < -0.39 is 30.5 Å². The molecular weight excluding hydrogens is 487 g/mol. The van der Waals surface area contributed by atoms with E-state index in [-0.39, 0.29) is 23.9 Å². The van der Waals surface area contributed by atoms with Gasteiger partial charge in [0.25, 0.3) is 11.8 Å². The molecule has 13 heteroatoms. The van der Waals surface area contributed by atoms with Crippen molar-refractivity contribution < 1.29 is 32.6 Å². The summed E-state index contributed by atoms with van der Waals surface area (Å²) in [6, 6.07) is 10.8. The number of hydrogen-bond donors (Lipinski definition) is 4. The molecule has 1 saturated heterocycles. The highest BCUT2D eigenvalue weighted by Gasteiger charge is 2.39. The van der Waals surface area contributed by atoms with Crippen LogP contribution in [0.5, 0.6) is 0 Å². The summed E-state index contributed by atoms with van der Waals surface area (Å²) in [6.07, 6.45) is -8.60. The second-order valence-corrected chi connectivity index (χ2v) is 8.78. The molecule has 2 aromatic rings. The van der Waals surface area contributed by atoms with E-state index in [0.717, 1.165) is 11.3 Å². The maximum atomic E-state index is 13.0. The number of ether oxygens (including phenoxy) is 1. The van der Waals surface area contributed by atoms with Gasteiger partial charge in [-0.05, 0) is 37.4 Å². The molecule has 3 rings (SSSR count). The van der Waals surface area contributed by atoms with E-state index in [4.69, 9.17) is 10.00 Å². The lowest BCUT2D eigenvalue weighted by Crippen LogP contribution is -2.53. The molecule has 2 amide bonds. The normalized spacial score (nSPS) is 17.9. The van der Waals surface area contributed by atoms with E-state index in [0.29, 0.717) is 29.2 Å². The van der Waals surface area contributed by atoms with Crippen molar-refractivity contribution >= 4 is 23.2 Å². The number of morpholine rings is 1. The number of amides is 2. The third-order valence-corrected chi connectivity index (χ3v) is 6.43. The molecule has 1 aromatic carbocycles. The molecule has 4 N–H and O–H groups in total. The van der Waals surface area contributed by atoms with Gasteiger partial charge in [0.1, 0.15) is 0 Å². The van der Waals surface area contributed by atoms with Gasteiger partial charge in [-0.2, -0.15) is 18.4 Å². The van der Waals surface area contributed by atoms with E-state index in [9.17, 15) is 27.9 Å². The van der Waals surface area contributed by atoms with Crippen molar-refractivity contribution in [3.8, 4) is 6.07 Å². The van der Waals surface area contributed by atoms with Crippen molar-refractivity contribution in [2.75, 3.05) is 33.4 Å². The standard InChI is InChI=1S/C22H24F3N5O4S/c1-27-18(29-21(33)22(23,24)25)16-5-6-17(35-16)19(31)28-11-15-12-34-8-7-30(15)20(32)14-4-2-3-13(9-14)10-26/h2-6,9,15,18,21,27,29,33H,7-8,11-12H2,1H3,(H,28,31). The van der Waals surface area contributed by atoms with Crippen LogP contribution in [-0.4, -0.2) is 73.6 Å². The monoisotopic (exact) mass is 511 g/mol. The summed E-state index contributed by atoms with van der Waals surface area (Å²) in [5.74, 6) is -0.744. The molecule has 3 unspecified atom stereocenters. The van der Waals surface area contributed by atoms with Crippen LogP contribution in [0, 0.1) is 11.3 Å². The molecule has 9 nitrogen and oxygen atoms in total. The molecular formula is C22H24F3N5O4S. The Morgan fingerprint density at radius 1 is 1.34 bits per heavy atom. The van der Waals surface area contributed by atoms with Gasteiger partial charge >= 0.3 is 6.18 Å². The summed E-state index contributed by atoms with van der Waals surface area (Å²) in [6.45, 7) is 0.956. The Morgan fingerprint density at radius 3 is 2.80 bits per heavy atom. The molecule has 0 spiro atoms. The van der Waals surface area contributed by atoms with Crippen molar-refractivity contribution in [3.63, 3.8) is 0 Å². The zero-order chi connectivity index (χ0) is 25.6. The number of nitrogens with zero attached hydrogens (tertiary/aromatic N) is 2. The zero-order valence-electron chi connectivity index (χ0n) is 18.6. The summed E-state index contributed by atoms with van der Waals surface area (Å²) in [5.41, 5.74) is 0.719. The van der Waals surface area contributed by atoms with Gasteiger partial charge in [0.15, 0.2) is 0 Å². The van der Waals surface area contributed by atoms with Crippen molar-refractivity contribution in [1.82, 2.24) is 20.9 Å². The number of aliphatic hydroxyl groups excluding tert-OH is 1. The first-order valence-corrected chi connectivity index (χ1v) is 11.4. The number of thiophene rings is 1. The highest BCUT2D eigenvalue weighted by atomic mass is 32.1. The van der Waals surface area contributed by atoms with Crippen LogP contribution in [0.4, 0.5) is 13.2 Å². The first-order chi connectivity index (χ1) is 16.6. The van der Waals surface area contributed by atoms with Crippen molar-refractivity contribution in [1.29, 1.82) is 5.26 Å². The second kappa shape index (κ2) is 11.6.